The molecule has 14 aromatic rings. The lowest BCUT2D eigenvalue weighted by Gasteiger charge is -2.37. The van der Waals surface area contributed by atoms with Crippen LogP contribution in [0.15, 0.2) is 360 Å². The summed E-state index contributed by atoms with van der Waals surface area (Å²) in [6.45, 7) is 39.6. The average Bonchev–Trinajstić information content (AvgIpc) is 1.55. The number of hydrogen-bond acceptors (Lipinski definition) is 7. The van der Waals surface area contributed by atoms with Gasteiger partial charge in [0.25, 0.3) is 11.6 Å². The van der Waals surface area contributed by atoms with Gasteiger partial charge in [-0.3, -0.25) is 9.13 Å². The molecule has 0 unspecified atom stereocenters. The van der Waals surface area contributed by atoms with Crippen molar-refractivity contribution in [2.45, 2.75) is 153 Å². The van der Waals surface area contributed by atoms with Gasteiger partial charge in [0.1, 0.15) is 11.6 Å². The molecule has 121 heavy (non-hydrogen) atoms. The van der Waals surface area contributed by atoms with Gasteiger partial charge in [0, 0.05) is 66.8 Å². The number of aromatic nitrogens is 4. The van der Waals surface area contributed by atoms with E-state index in [0.717, 1.165) is 148 Å². The highest BCUT2D eigenvalue weighted by Gasteiger charge is 2.49. The van der Waals surface area contributed by atoms with Crippen LogP contribution in [0.5, 0.6) is 0 Å². The van der Waals surface area contributed by atoms with Gasteiger partial charge in [-0.2, -0.15) is 0 Å². The Morgan fingerprint density at radius 2 is 0.488 bits per heavy atom. The number of benzene rings is 12. The van der Waals surface area contributed by atoms with Crippen LogP contribution in [0.1, 0.15) is 61.1 Å². The number of hydrogen-bond donors (Lipinski definition) is 0. The molecule has 0 saturated heterocycles. The molecule has 12 aromatic carbocycles. The van der Waals surface area contributed by atoms with Crippen molar-refractivity contribution >= 4 is 92.5 Å². The van der Waals surface area contributed by atoms with Crippen molar-refractivity contribution in [2.75, 3.05) is 0 Å². The minimum absolute atomic E-state index is 0.569. The van der Waals surface area contributed by atoms with E-state index in [2.05, 4.69) is 455 Å². The molecular weight excluding hydrogens is 1570 g/mol. The standard InChI is InChI=1S/C106H114N8OSi6/c1-77(2)120(13,14)93-65-57-87(58-66-93)103-107-99(83-49-33-21-34-50-83)101(85-53-37-23-38-54-85)113(103)105(109-95(79-41-25-17-26-42-79)96(110-105)80-43-27-18-28-44-80)89-61-69-91(70-62-89)116(5,6)73-75-118(9,10)115-119(11,12)76-74-117(7,8)92-71-63-90(64-72-92)106(111-97(81-45-29-19-30-46-81)98(112-106)82-47-31-20-32-48-82)114-102(86-55-39-24-40-56-86)100(84-51-35-22-36-52-84)108-104(114)88-59-67-94(68-60-88)121(15,16)78(3)4/h17-72,77-78H,73-76H2,1-16H3. The Morgan fingerprint density at radius 3 is 0.736 bits per heavy atom. The first-order valence-corrected chi connectivity index (χ1v) is 62.1. The summed E-state index contributed by atoms with van der Waals surface area (Å²) >= 11 is 0. The van der Waals surface area contributed by atoms with Crippen molar-refractivity contribution in [1.82, 2.24) is 19.1 Å². The second-order valence-electron chi connectivity index (χ2n) is 37.4. The van der Waals surface area contributed by atoms with Crippen molar-refractivity contribution in [1.29, 1.82) is 0 Å². The van der Waals surface area contributed by atoms with E-state index in [1.165, 1.54) is 20.7 Å². The molecule has 4 heterocycles. The topological polar surface area (TPSA) is 94.3 Å². The van der Waals surface area contributed by atoms with E-state index < -0.39 is 60.5 Å². The van der Waals surface area contributed by atoms with Crippen LogP contribution in [0.3, 0.4) is 0 Å². The lowest BCUT2D eigenvalue weighted by atomic mass is 10.0. The largest absolute Gasteiger partial charge is 0.456 e. The van der Waals surface area contributed by atoms with Crippen LogP contribution >= 0.6 is 0 Å². The predicted molar refractivity (Wildman–Crippen MR) is 530 cm³/mol. The lowest BCUT2D eigenvalue weighted by Crippen LogP contribution is -2.49. The maximum atomic E-state index is 7.75. The maximum absolute atomic E-state index is 7.75. The van der Waals surface area contributed by atoms with Gasteiger partial charge in [-0.15, -0.1) is 0 Å². The highest BCUT2D eigenvalue weighted by Crippen LogP contribution is 2.50. The van der Waals surface area contributed by atoms with Gasteiger partial charge in [-0.25, -0.2) is 29.9 Å². The summed E-state index contributed by atoms with van der Waals surface area (Å²) in [6, 6.07) is 127. The van der Waals surface area contributed by atoms with Crippen molar-refractivity contribution in [3.63, 3.8) is 0 Å². The molecule has 0 amide bonds. The fourth-order valence-corrected chi connectivity index (χ4v) is 40.1. The summed E-state index contributed by atoms with van der Waals surface area (Å²) < 4.78 is 12.5. The first-order chi connectivity index (χ1) is 58.1. The summed E-state index contributed by atoms with van der Waals surface area (Å²) in [5, 5.41) is 5.64. The molecule has 0 N–H and O–H groups in total. The molecule has 0 fully saturated rings. The Bertz CT molecular complexity index is 5620. The molecule has 2 aromatic heterocycles. The molecule has 9 nitrogen and oxygen atoms in total. The summed E-state index contributed by atoms with van der Waals surface area (Å²) in [4.78, 5) is 36.2. The van der Waals surface area contributed by atoms with Gasteiger partial charge in [0.15, 0.2) is 16.6 Å². The summed E-state index contributed by atoms with van der Waals surface area (Å²) in [5.74, 6) is -1.09. The van der Waals surface area contributed by atoms with Crippen LogP contribution in [-0.4, -0.2) is 90.9 Å². The quantitative estimate of drug-likeness (QED) is 0.0457. The van der Waals surface area contributed by atoms with E-state index in [-0.39, 0.29) is 0 Å². The first-order valence-electron chi connectivity index (χ1n) is 43.3. The zero-order valence-corrected chi connectivity index (χ0v) is 79.3. The van der Waals surface area contributed by atoms with Crippen molar-refractivity contribution in [3.8, 4) is 67.8 Å². The van der Waals surface area contributed by atoms with E-state index in [0.29, 0.717) is 11.1 Å². The van der Waals surface area contributed by atoms with Crippen LogP contribution < -0.4 is 20.7 Å². The van der Waals surface area contributed by atoms with E-state index in [1.807, 2.05) is 0 Å². The highest BCUT2D eigenvalue weighted by atomic mass is 28.4. The second kappa shape index (κ2) is 33.8. The second-order valence-corrected chi connectivity index (χ2v) is 66.3. The van der Waals surface area contributed by atoms with Gasteiger partial charge in [0.05, 0.1) is 77.9 Å². The fraction of sp³-hybridized carbons (Fsp3) is 0.226. The first kappa shape index (κ1) is 83.6. The minimum atomic E-state index is -2.23. The molecule has 16 rings (SSSR count). The number of aliphatic imine (C=N–C) groups is 4. The molecule has 608 valence electrons. The zero-order chi connectivity index (χ0) is 84.7. The van der Waals surface area contributed by atoms with Gasteiger partial charge < -0.3 is 4.12 Å². The van der Waals surface area contributed by atoms with Gasteiger partial charge in [-0.1, -0.05) is 453 Å². The van der Waals surface area contributed by atoms with Crippen LogP contribution in [0, 0.1) is 0 Å². The SMILES string of the molecule is CC(C)[Si](C)(C)c1ccc(-c2nc(-c3ccccc3)c(-c3ccccc3)n2C2(c3ccc([Si](C)(C)CC[Si](C)(C)O[Si](C)(C)CC[Si](C)(C)c4ccc(C5(n6c(-c7ccc([Si](C)(C)C(C)C)cc7)nc(-c7ccccc7)c6-c6ccccc6)N=C(c6ccccc6)C(c6ccccc6)=N5)cc4)cc3)N=C(c3ccccc3)C(c3ccccc3)=N2)cc1. The van der Waals surface area contributed by atoms with Gasteiger partial charge in [0.2, 0.25) is 0 Å². The normalized spacial score (nSPS) is 14.4. The van der Waals surface area contributed by atoms with Crippen molar-refractivity contribution in [3.05, 3.63) is 373 Å². The Labute approximate surface area is 724 Å². The van der Waals surface area contributed by atoms with E-state index in [9.17, 15) is 0 Å². The third kappa shape index (κ3) is 16.7. The summed E-state index contributed by atoms with van der Waals surface area (Å²) in [5.41, 5.74) is 20.2. The minimum Gasteiger partial charge on any atom is -0.456 e. The molecule has 0 saturated carbocycles. The van der Waals surface area contributed by atoms with Crippen molar-refractivity contribution < 1.29 is 4.12 Å². The third-order valence-electron chi connectivity index (χ3n) is 26.3. The Kier molecular flexibility index (Phi) is 23.4. The molecule has 0 bridgehead atoms. The molecule has 2 aliphatic heterocycles. The molecular formula is C106H114N8OSi6. The van der Waals surface area contributed by atoms with Crippen LogP contribution in [-0.2, 0) is 15.7 Å². The van der Waals surface area contributed by atoms with Gasteiger partial charge in [-0.05, 0) is 49.4 Å². The number of imidazole rings is 2. The summed E-state index contributed by atoms with van der Waals surface area (Å²) in [7, 11) is -12.3. The molecule has 0 aliphatic carbocycles. The number of nitrogens with zero attached hydrogens (tertiary/aromatic N) is 8. The highest BCUT2D eigenvalue weighted by molar-refractivity contribution is 6.94. The van der Waals surface area contributed by atoms with E-state index in [1.54, 1.807) is 0 Å². The van der Waals surface area contributed by atoms with Crippen LogP contribution in [0.25, 0.3) is 67.8 Å². The molecule has 2 aliphatic rings. The molecule has 0 spiro atoms. The Hall–Kier alpha value is -11.0. The summed E-state index contributed by atoms with van der Waals surface area (Å²) in [6.07, 6.45) is 0. The monoisotopic (exact) mass is 1680 g/mol. The Balaban J connectivity index is 0.721. The third-order valence-corrected chi connectivity index (χ3v) is 50.8. The van der Waals surface area contributed by atoms with Crippen molar-refractivity contribution in [2.24, 2.45) is 20.0 Å². The smallest absolute Gasteiger partial charge is 0.261 e. The maximum Gasteiger partial charge on any atom is 0.261 e. The zero-order valence-electron chi connectivity index (χ0n) is 73.3. The van der Waals surface area contributed by atoms with E-state index >= 15 is 0 Å². The fourth-order valence-electron chi connectivity index (χ4n) is 17.4. The Morgan fingerprint density at radius 1 is 0.256 bits per heavy atom. The molecule has 15 heteroatoms. The molecule has 0 atom stereocenters. The van der Waals surface area contributed by atoms with Crippen LogP contribution in [0.2, 0.25) is 114 Å². The molecule has 0 radical (unpaired) electrons. The number of rotatable bonds is 28. The lowest BCUT2D eigenvalue weighted by molar-refractivity contribution is 0.409. The van der Waals surface area contributed by atoms with E-state index in [4.69, 9.17) is 34.1 Å². The van der Waals surface area contributed by atoms with Crippen LogP contribution in [0.4, 0.5) is 0 Å². The van der Waals surface area contributed by atoms with Gasteiger partial charge >= 0.3 is 0 Å². The average molecular weight is 1680 g/mol. The predicted octanol–water partition coefficient (Wildman–Crippen LogP) is 25.0.